The van der Waals surface area contributed by atoms with E-state index in [1.165, 1.54) is 25.7 Å². The molecule has 110 valence electrons. The van der Waals surface area contributed by atoms with Gasteiger partial charge in [-0.3, -0.25) is 4.79 Å². The van der Waals surface area contributed by atoms with Crippen LogP contribution in [-0.2, 0) is 4.74 Å². The van der Waals surface area contributed by atoms with Crippen LogP contribution in [0, 0.1) is 5.92 Å². The first kappa shape index (κ1) is 15.0. The van der Waals surface area contributed by atoms with Crippen LogP contribution in [0.15, 0.2) is 18.3 Å². The molecule has 1 aromatic heterocycles. The molecule has 2 atom stereocenters. The molecule has 0 spiro atoms. The number of carbonyl (C=O) groups excluding carboxylic acids is 1. The number of hydrogen-bond donors (Lipinski definition) is 1. The van der Waals surface area contributed by atoms with Gasteiger partial charge in [0.15, 0.2) is 5.78 Å². The molecule has 1 saturated carbocycles. The van der Waals surface area contributed by atoms with Gasteiger partial charge in [0.05, 0.1) is 12.7 Å². The quantitative estimate of drug-likeness (QED) is 0.640. The average Bonchev–Trinajstić information content (AvgIpc) is 2.46. The monoisotopic (exact) mass is 276 g/mol. The third kappa shape index (κ3) is 4.30. The van der Waals surface area contributed by atoms with Crippen molar-refractivity contribution in [3.8, 4) is 0 Å². The van der Waals surface area contributed by atoms with E-state index in [1.54, 1.807) is 19.2 Å². The van der Waals surface area contributed by atoms with Crippen molar-refractivity contribution in [1.82, 2.24) is 4.98 Å². The van der Waals surface area contributed by atoms with Gasteiger partial charge < -0.3 is 10.1 Å². The zero-order valence-corrected chi connectivity index (χ0v) is 12.4. The lowest BCUT2D eigenvalue weighted by Crippen LogP contribution is -2.27. The summed E-state index contributed by atoms with van der Waals surface area (Å²) in [6.45, 7) is 5.27. The molecule has 0 aliphatic heterocycles. The van der Waals surface area contributed by atoms with Gasteiger partial charge in [-0.25, -0.2) is 4.98 Å². The molecule has 4 heteroatoms. The Morgan fingerprint density at radius 2 is 2.20 bits per heavy atom. The van der Waals surface area contributed by atoms with E-state index in [9.17, 15) is 4.79 Å². The number of ether oxygens (including phenoxy) is 1. The molecule has 0 aromatic carbocycles. The van der Waals surface area contributed by atoms with E-state index in [1.807, 2.05) is 6.07 Å². The molecule has 4 nitrogen and oxygen atoms in total. The highest BCUT2D eigenvalue weighted by molar-refractivity contribution is 5.93. The molecule has 1 aliphatic carbocycles. The number of Topliss-reactive ketones (excluding diaryl/α,β-unsaturated/α-hetero) is 1. The average molecular weight is 276 g/mol. The smallest absolute Gasteiger partial charge is 0.161 e. The van der Waals surface area contributed by atoms with Gasteiger partial charge in [-0.05, 0) is 37.8 Å². The van der Waals surface area contributed by atoms with E-state index < -0.39 is 0 Å². The highest BCUT2D eigenvalue weighted by Gasteiger charge is 2.21. The zero-order valence-electron chi connectivity index (χ0n) is 12.4. The summed E-state index contributed by atoms with van der Waals surface area (Å²) in [6, 6.07) is 3.63. The number of aromatic nitrogens is 1. The molecule has 1 fully saturated rings. The lowest BCUT2D eigenvalue weighted by molar-refractivity contribution is 0.000372. The molecule has 2 rings (SSSR count). The lowest BCUT2D eigenvalue weighted by atomic mass is 9.88. The minimum Gasteiger partial charge on any atom is -0.376 e. The fourth-order valence-electron chi connectivity index (χ4n) is 2.63. The highest BCUT2D eigenvalue weighted by atomic mass is 16.5. The topological polar surface area (TPSA) is 51.2 Å². The second-order valence-corrected chi connectivity index (χ2v) is 5.59. The molecule has 2 unspecified atom stereocenters. The summed E-state index contributed by atoms with van der Waals surface area (Å²) in [7, 11) is 0. The Morgan fingerprint density at radius 3 is 2.85 bits per heavy atom. The van der Waals surface area contributed by atoms with Gasteiger partial charge in [-0.2, -0.15) is 0 Å². The Balaban J connectivity index is 1.69. The van der Waals surface area contributed by atoms with Crippen LogP contribution >= 0.6 is 0 Å². The van der Waals surface area contributed by atoms with Crippen molar-refractivity contribution in [3.05, 3.63) is 23.9 Å². The second kappa shape index (κ2) is 7.39. The number of rotatable bonds is 6. The van der Waals surface area contributed by atoms with Crippen LogP contribution in [0.2, 0.25) is 0 Å². The van der Waals surface area contributed by atoms with E-state index >= 15 is 0 Å². The Kier molecular flexibility index (Phi) is 5.53. The fraction of sp³-hybridized carbons (Fsp3) is 0.625. The molecule has 0 amide bonds. The molecule has 1 aliphatic rings. The maximum atomic E-state index is 11.1. The number of hydrogen-bond acceptors (Lipinski definition) is 4. The van der Waals surface area contributed by atoms with Gasteiger partial charge in [0.2, 0.25) is 0 Å². The zero-order chi connectivity index (χ0) is 14.4. The first-order valence-corrected chi connectivity index (χ1v) is 7.49. The van der Waals surface area contributed by atoms with Gasteiger partial charge in [-0.1, -0.05) is 19.8 Å². The predicted octanol–water partition coefficient (Wildman–Crippen LogP) is 3.29. The summed E-state index contributed by atoms with van der Waals surface area (Å²) >= 11 is 0. The van der Waals surface area contributed by atoms with Crippen molar-refractivity contribution >= 4 is 11.6 Å². The molecule has 20 heavy (non-hydrogen) atoms. The molecule has 0 radical (unpaired) electrons. The van der Waals surface area contributed by atoms with Crippen LogP contribution in [0.25, 0.3) is 0 Å². The van der Waals surface area contributed by atoms with E-state index in [0.717, 1.165) is 12.4 Å². The fourth-order valence-corrected chi connectivity index (χ4v) is 2.63. The molecule has 1 N–H and O–H groups in total. The molecular weight excluding hydrogens is 252 g/mol. The van der Waals surface area contributed by atoms with Gasteiger partial charge in [0.1, 0.15) is 5.82 Å². The highest BCUT2D eigenvalue weighted by Crippen LogP contribution is 2.26. The van der Waals surface area contributed by atoms with Crippen molar-refractivity contribution in [3.63, 3.8) is 0 Å². The van der Waals surface area contributed by atoms with Crippen LogP contribution in [0.1, 0.15) is 49.9 Å². The number of nitrogens with one attached hydrogen (secondary N) is 1. The van der Waals surface area contributed by atoms with Crippen molar-refractivity contribution in [2.24, 2.45) is 5.92 Å². The van der Waals surface area contributed by atoms with E-state index in [2.05, 4.69) is 17.2 Å². The van der Waals surface area contributed by atoms with Gasteiger partial charge in [-0.15, -0.1) is 0 Å². The summed E-state index contributed by atoms with van der Waals surface area (Å²) < 4.78 is 5.93. The van der Waals surface area contributed by atoms with Crippen LogP contribution in [0.4, 0.5) is 5.82 Å². The van der Waals surface area contributed by atoms with Crippen LogP contribution in [0.3, 0.4) is 0 Å². The predicted molar refractivity (Wildman–Crippen MR) is 80.1 cm³/mol. The normalized spacial score (nSPS) is 22.5. The molecular formula is C16H24N2O2. The third-order valence-corrected chi connectivity index (χ3v) is 3.94. The number of carbonyl (C=O) groups is 1. The van der Waals surface area contributed by atoms with Gasteiger partial charge in [0.25, 0.3) is 0 Å². The van der Waals surface area contributed by atoms with Crippen LogP contribution in [0.5, 0.6) is 0 Å². The third-order valence-electron chi connectivity index (χ3n) is 3.94. The number of ketones is 1. The van der Waals surface area contributed by atoms with Gasteiger partial charge >= 0.3 is 0 Å². The minimum atomic E-state index is 0.0404. The van der Waals surface area contributed by atoms with Crippen LogP contribution < -0.4 is 5.32 Å². The van der Waals surface area contributed by atoms with E-state index in [-0.39, 0.29) is 5.78 Å². The summed E-state index contributed by atoms with van der Waals surface area (Å²) in [5, 5.41) is 3.22. The maximum absolute atomic E-state index is 11.1. The number of anilines is 1. The van der Waals surface area contributed by atoms with Crippen molar-refractivity contribution in [1.29, 1.82) is 0 Å². The minimum absolute atomic E-state index is 0.0404. The molecule has 1 aromatic rings. The summed E-state index contributed by atoms with van der Waals surface area (Å²) in [5.41, 5.74) is 0.642. The summed E-state index contributed by atoms with van der Waals surface area (Å²) in [6.07, 6.45) is 7.12. The Bertz CT molecular complexity index is 431. The molecule has 0 saturated heterocycles. The molecule has 0 bridgehead atoms. The SMILES string of the molecule is CC(=O)c1ccc(NCCOC2CCCCC2C)nc1. The Hall–Kier alpha value is -1.42. The van der Waals surface area contributed by atoms with Crippen molar-refractivity contribution in [2.75, 3.05) is 18.5 Å². The Labute approximate surface area is 120 Å². The molecule has 1 heterocycles. The lowest BCUT2D eigenvalue weighted by Gasteiger charge is -2.28. The van der Waals surface area contributed by atoms with E-state index in [0.29, 0.717) is 24.2 Å². The maximum Gasteiger partial charge on any atom is 0.161 e. The number of pyridine rings is 1. The summed E-state index contributed by atoms with van der Waals surface area (Å²) in [5.74, 6) is 1.51. The van der Waals surface area contributed by atoms with Crippen LogP contribution in [-0.4, -0.2) is 30.0 Å². The van der Waals surface area contributed by atoms with E-state index in [4.69, 9.17) is 4.74 Å². The Morgan fingerprint density at radius 1 is 1.40 bits per heavy atom. The van der Waals surface area contributed by atoms with Gasteiger partial charge in [0, 0.05) is 18.3 Å². The first-order valence-electron chi connectivity index (χ1n) is 7.49. The number of nitrogens with zero attached hydrogens (tertiary/aromatic N) is 1. The second-order valence-electron chi connectivity index (χ2n) is 5.59. The summed E-state index contributed by atoms with van der Waals surface area (Å²) in [4.78, 5) is 15.4. The van der Waals surface area contributed by atoms with Crippen molar-refractivity contribution in [2.45, 2.75) is 45.6 Å². The van der Waals surface area contributed by atoms with Crippen molar-refractivity contribution < 1.29 is 9.53 Å². The standard InChI is InChI=1S/C16H24N2O2/c1-12-5-3-4-6-15(12)20-10-9-17-16-8-7-14(11-18-16)13(2)19/h7-8,11-12,15H,3-6,9-10H2,1-2H3,(H,17,18). The largest absolute Gasteiger partial charge is 0.376 e. The first-order chi connectivity index (χ1) is 9.66.